The SMILES string of the molecule is NCc1cn2[nH]c(-c3ccccc3O)cc2n1. The summed E-state index contributed by atoms with van der Waals surface area (Å²) in [6.45, 7) is 0.418. The molecule has 0 radical (unpaired) electrons. The smallest absolute Gasteiger partial charge is 0.153 e. The second-order valence-corrected chi connectivity index (χ2v) is 3.85. The normalized spacial score (nSPS) is 11.1. The minimum absolute atomic E-state index is 0.246. The first-order chi connectivity index (χ1) is 8.28. The number of hydrogen-bond acceptors (Lipinski definition) is 3. The molecule has 5 nitrogen and oxygen atoms in total. The van der Waals surface area contributed by atoms with Crippen molar-refractivity contribution in [1.29, 1.82) is 0 Å². The van der Waals surface area contributed by atoms with E-state index in [2.05, 4.69) is 10.1 Å². The number of phenolic OH excluding ortho intramolecular Hbond substituents is 1. The summed E-state index contributed by atoms with van der Waals surface area (Å²) in [5.41, 5.74) is 8.73. The topological polar surface area (TPSA) is 79.3 Å². The molecule has 0 saturated carbocycles. The summed E-state index contributed by atoms with van der Waals surface area (Å²) in [6.07, 6.45) is 1.85. The fourth-order valence-corrected chi connectivity index (χ4v) is 1.87. The number of nitrogens with zero attached hydrogens (tertiary/aromatic N) is 2. The van der Waals surface area contributed by atoms with E-state index in [0.29, 0.717) is 6.54 Å². The van der Waals surface area contributed by atoms with Gasteiger partial charge in [-0.1, -0.05) is 12.1 Å². The molecule has 2 heterocycles. The Kier molecular flexibility index (Phi) is 2.12. The third-order valence-corrected chi connectivity index (χ3v) is 2.70. The second-order valence-electron chi connectivity index (χ2n) is 3.85. The number of rotatable bonds is 2. The number of benzene rings is 1. The van der Waals surface area contributed by atoms with Crippen LogP contribution in [-0.2, 0) is 6.54 Å². The lowest BCUT2D eigenvalue weighted by molar-refractivity contribution is 0.477. The van der Waals surface area contributed by atoms with Crippen LogP contribution in [0.15, 0.2) is 36.5 Å². The van der Waals surface area contributed by atoms with Gasteiger partial charge < -0.3 is 10.8 Å². The summed E-state index contributed by atoms with van der Waals surface area (Å²) in [4.78, 5) is 4.33. The fraction of sp³-hybridized carbons (Fsp3) is 0.0833. The monoisotopic (exact) mass is 228 g/mol. The Balaban J connectivity index is 2.13. The molecule has 0 saturated heterocycles. The van der Waals surface area contributed by atoms with Crippen molar-refractivity contribution in [3.8, 4) is 17.0 Å². The molecule has 0 unspecified atom stereocenters. The predicted molar refractivity (Wildman–Crippen MR) is 64.5 cm³/mol. The number of nitrogens with one attached hydrogen (secondary N) is 1. The van der Waals surface area contributed by atoms with Crippen LogP contribution in [0, 0.1) is 0 Å². The molecular formula is C12H12N4O. The van der Waals surface area contributed by atoms with Gasteiger partial charge >= 0.3 is 0 Å². The van der Waals surface area contributed by atoms with Crippen LogP contribution in [-0.4, -0.2) is 19.7 Å². The molecule has 17 heavy (non-hydrogen) atoms. The highest BCUT2D eigenvalue weighted by molar-refractivity contribution is 5.69. The lowest BCUT2D eigenvalue weighted by Crippen LogP contribution is -1.95. The summed E-state index contributed by atoms with van der Waals surface area (Å²) in [5.74, 6) is 0.246. The quantitative estimate of drug-likeness (QED) is 0.621. The van der Waals surface area contributed by atoms with Gasteiger partial charge in [-0.15, -0.1) is 0 Å². The molecule has 4 N–H and O–H groups in total. The summed E-state index contributed by atoms with van der Waals surface area (Å²) < 4.78 is 1.80. The molecule has 3 aromatic rings. The molecule has 0 aliphatic rings. The Bertz CT molecular complexity index is 637. The molecule has 0 fully saturated rings. The van der Waals surface area contributed by atoms with Gasteiger partial charge in [-0.2, -0.15) is 0 Å². The van der Waals surface area contributed by atoms with E-state index in [1.165, 1.54) is 0 Å². The number of aromatic nitrogens is 3. The number of phenols is 1. The molecule has 86 valence electrons. The number of para-hydroxylation sites is 1. The van der Waals surface area contributed by atoms with Crippen LogP contribution in [0.3, 0.4) is 0 Å². The van der Waals surface area contributed by atoms with Crippen molar-refractivity contribution in [2.75, 3.05) is 0 Å². The van der Waals surface area contributed by atoms with Gasteiger partial charge in [0.15, 0.2) is 5.65 Å². The molecule has 2 aromatic heterocycles. The van der Waals surface area contributed by atoms with Gasteiger partial charge in [0.25, 0.3) is 0 Å². The van der Waals surface area contributed by atoms with Crippen LogP contribution in [0.25, 0.3) is 16.9 Å². The van der Waals surface area contributed by atoms with Gasteiger partial charge in [0.1, 0.15) is 5.75 Å². The molecule has 1 aromatic carbocycles. The number of nitrogens with two attached hydrogens (primary N) is 1. The van der Waals surface area contributed by atoms with Crippen molar-refractivity contribution in [2.24, 2.45) is 5.73 Å². The van der Waals surface area contributed by atoms with Crippen molar-refractivity contribution < 1.29 is 5.11 Å². The van der Waals surface area contributed by atoms with Gasteiger partial charge in [0, 0.05) is 18.2 Å². The van der Waals surface area contributed by atoms with E-state index in [0.717, 1.165) is 22.6 Å². The second kappa shape index (κ2) is 3.64. The summed E-state index contributed by atoms with van der Waals surface area (Å²) >= 11 is 0. The lowest BCUT2D eigenvalue weighted by Gasteiger charge is -2.00. The Morgan fingerprint density at radius 2 is 2.18 bits per heavy atom. The van der Waals surface area contributed by atoms with Crippen LogP contribution in [0.1, 0.15) is 5.69 Å². The summed E-state index contributed by atoms with van der Waals surface area (Å²) in [7, 11) is 0. The minimum atomic E-state index is 0.246. The average Bonchev–Trinajstić information content (AvgIpc) is 2.86. The van der Waals surface area contributed by atoms with Crippen molar-refractivity contribution in [3.05, 3.63) is 42.2 Å². The maximum atomic E-state index is 9.76. The van der Waals surface area contributed by atoms with Gasteiger partial charge in [0.2, 0.25) is 0 Å². The van der Waals surface area contributed by atoms with E-state index in [9.17, 15) is 5.11 Å². The van der Waals surface area contributed by atoms with E-state index >= 15 is 0 Å². The Hall–Kier alpha value is -2.27. The fourth-order valence-electron chi connectivity index (χ4n) is 1.87. The van der Waals surface area contributed by atoms with Crippen molar-refractivity contribution in [2.45, 2.75) is 6.54 Å². The first-order valence-corrected chi connectivity index (χ1v) is 5.33. The van der Waals surface area contributed by atoms with Gasteiger partial charge in [-0.05, 0) is 12.1 Å². The first kappa shape index (κ1) is 9.92. The van der Waals surface area contributed by atoms with Crippen LogP contribution < -0.4 is 5.73 Å². The van der Waals surface area contributed by atoms with Crippen LogP contribution >= 0.6 is 0 Å². The third-order valence-electron chi connectivity index (χ3n) is 2.70. The molecule has 0 amide bonds. The lowest BCUT2D eigenvalue weighted by atomic mass is 10.1. The van der Waals surface area contributed by atoms with E-state index in [1.807, 2.05) is 24.4 Å². The zero-order valence-electron chi connectivity index (χ0n) is 9.09. The third kappa shape index (κ3) is 1.57. The highest BCUT2D eigenvalue weighted by Crippen LogP contribution is 2.28. The number of fused-ring (bicyclic) bond motifs is 1. The number of aromatic hydroxyl groups is 1. The van der Waals surface area contributed by atoms with Crippen molar-refractivity contribution in [3.63, 3.8) is 0 Å². The standard InChI is InChI=1S/C12H12N4O/c13-6-8-7-16-12(14-8)5-10(15-16)9-3-1-2-4-11(9)17/h1-5,7,15,17H,6,13H2. The molecule has 0 aliphatic heterocycles. The highest BCUT2D eigenvalue weighted by Gasteiger charge is 2.08. The summed E-state index contributed by atoms with van der Waals surface area (Å²) in [5, 5.41) is 12.9. The van der Waals surface area contributed by atoms with E-state index in [1.54, 1.807) is 16.6 Å². The van der Waals surface area contributed by atoms with Crippen molar-refractivity contribution in [1.82, 2.24) is 14.6 Å². The highest BCUT2D eigenvalue weighted by atomic mass is 16.3. The maximum Gasteiger partial charge on any atom is 0.153 e. The molecule has 5 heteroatoms. The zero-order valence-corrected chi connectivity index (χ0v) is 9.09. The number of hydrogen-bond donors (Lipinski definition) is 3. The summed E-state index contributed by atoms with van der Waals surface area (Å²) in [6, 6.07) is 9.06. The van der Waals surface area contributed by atoms with Crippen molar-refractivity contribution >= 4 is 5.65 Å². The molecule has 0 atom stereocenters. The zero-order chi connectivity index (χ0) is 11.8. The average molecular weight is 228 g/mol. The molecule has 0 aliphatic carbocycles. The Morgan fingerprint density at radius 1 is 1.35 bits per heavy atom. The maximum absolute atomic E-state index is 9.76. The minimum Gasteiger partial charge on any atom is -0.507 e. The molecule has 3 rings (SSSR count). The molecule has 0 bridgehead atoms. The number of aromatic amines is 1. The van der Waals surface area contributed by atoms with E-state index in [4.69, 9.17) is 5.73 Å². The van der Waals surface area contributed by atoms with Crippen LogP contribution in [0.5, 0.6) is 5.75 Å². The van der Waals surface area contributed by atoms with Gasteiger partial charge in [-0.25, -0.2) is 9.50 Å². The molecular weight excluding hydrogens is 216 g/mol. The number of imidazole rings is 1. The first-order valence-electron chi connectivity index (χ1n) is 5.33. The van der Waals surface area contributed by atoms with Gasteiger partial charge in [-0.3, -0.25) is 5.10 Å². The van der Waals surface area contributed by atoms with Crippen LogP contribution in [0.4, 0.5) is 0 Å². The van der Waals surface area contributed by atoms with Gasteiger partial charge in [0.05, 0.1) is 17.6 Å². The predicted octanol–water partition coefficient (Wildman–Crippen LogP) is 1.49. The van der Waals surface area contributed by atoms with E-state index < -0.39 is 0 Å². The van der Waals surface area contributed by atoms with E-state index in [-0.39, 0.29) is 5.75 Å². The van der Waals surface area contributed by atoms with Crippen LogP contribution in [0.2, 0.25) is 0 Å². The molecule has 0 spiro atoms. The largest absolute Gasteiger partial charge is 0.507 e. The Labute approximate surface area is 97.5 Å². The Morgan fingerprint density at radius 3 is 2.88 bits per heavy atom. The number of H-pyrrole nitrogens is 1.